The van der Waals surface area contributed by atoms with Gasteiger partial charge < -0.3 is 15.5 Å². The van der Waals surface area contributed by atoms with Gasteiger partial charge >= 0.3 is 0 Å². The maximum atomic E-state index is 11.9. The topological polar surface area (TPSA) is 60.0 Å². The molecule has 0 bridgehead atoms. The third kappa shape index (κ3) is 7.98. The maximum absolute atomic E-state index is 11.9. The van der Waals surface area contributed by atoms with Gasteiger partial charge in [0.25, 0.3) is 0 Å². The summed E-state index contributed by atoms with van der Waals surface area (Å²) in [6.45, 7) is 6.60. The highest BCUT2D eigenvalue weighted by Gasteiger charge is 2.23. The molecule has 0 aromatic rings. The number of carbonyl (C=O) groups is 1. The first-order valence-electron chi connectivity index (χ1n) is 10.1. The van der Waals surface area contributed by atoms with Crippen LogP contribution in [0.3, 0.4) is 0 Å². The first kappa shape index (κ1) is 23.5. The summed E-state index contributed by atoms with van der Waals surface area (Å²) in [5.74, 6) is 1.57. The summed E-state index contributed by atoms with van der Waals surface area (Å²) in [5, 5.41) is 6.98. The molecular formula is C19H38IN5O. The number of rotatable bonds is 7. The Labute approximate surface area is 176 Å². The molecule has 26 heavy (non-hydrogen) atoms. The quantitative estimate of drug-likeness (QED) is 0.334. The maximum Gasteiger partial charge on any atom is 0.243 e. The molecule has 1 unspecified atom stereocenters. The minimum Gasteiger partial charge on any atom is -0.356 e. The molecule has 1 aliphatic carbocycles. The molecule has 0 aromatic heterocycles. The molecule has 7 heteroatoms. The average molecular weight is 479 g/mol. The normalized spacial score (nSPS) is 22.0. The second kappa shape index (κ2) is 12.8. The smallest absolute Gasteiger partial charge is 0.243 e. The van der Waals surface area contributed by atoms with Crippen molar-refractivity contribution in [2.45, 2.75) is 57.9 Å². The summed E-state index contributed by atoms with van der Waals surface area (Å²) in [6.07, 6.45) is 9.21. The van der Waals surface area contributed by atoms with Gasteiger partial charge in [-0.1, -0.05) is 26.2 Å². The van der Waals surface area contributed by atoms with E-state index in [1.807, 2.05) is 0 Å². The lowest BCUT2D eigenvalue weighted by atomic mass is 9.89. The molecule has 152 valence electrons. The molecule has 1 aliphatic heterocycles. The number of nitrogens with one attached hydrogen (secondary N) is 2. The molecule has 2 rings (SSSR count). The lowest BCUT2D eigenvalue weighted by Crippen LogP contribution is -2.46. The van der Waals surface area contributed by atoms with E-state index in [9.17, 15) is 4.79 Å². The number of guanidine groups is 1. The van der Waals surface area contributed by atoms with Crippen molar-refractivity contribution in [1.29, 1.82) is 0 Å². The number of likely N-dealkylation sites (tertiary alicyclic amines) is 1. The van der Waals surface area contributed by atoms with Gasteiger partial charge in [0.05, 0.1) is 0 Å². The molecule has 0 spiro atoms. The van der Waals surface area contributed by atoms with Crippen molar-refractivity contribution < 1.29 is 4.79 Å². The lowest BCUT2D eigenvalue weighted by molar-refractivity contribution is -0.127. The molecule has 2 fully saturated rings. The van der Waals surface area contributed by atoms with Crippen LogP contribution in [0.4, 0.5) is 0 Å². The van der Waals surface area contributed by atoms with Gasteiger partial charge in [-0.05, 0) is 44.7 Å². The zero-order valence-electron chi connectivity index (χ0n) is 16.8. The van der Waals surface area contributed by atoms with E-state index in [1.54, 1.807) is 19.0 Å². The minimum atomic E-state index is 0. The molecular weight excluding hydrogens is 441 g/mol. The summed E-state index contributed by atoms with van der Waals surface area (Å²) in [5.41, 5.74) is 0. The van der Waals surface area contributed by atoms with Gasteiger partial charge in [0.15, 0.2) is 5.96 Å². The van der Waals surface area contributed by atoms with Crippen molar-refractivity contribution in [3.8, 4) is 0 Å². The molecule has 6 nitrogen and oxygen atoms in total. The fraction of sp³-hybridized carbons (Fsp3) is 0.895. The summed E-state index contributed by atoms with van der Waals surface area (Å²) >= 11 is 0. The van der Waals surface area contributed by atoms with Crippen LogP contribution < -0.4 is 10.6 Å². The van der Waals surface area contributed by atoms with Crippen molar-refractivity contribution in [2.75, 3.05) is 46.8 Å². The Kier molecular flexibility index (Phi) is 11.5. The molecule has 0 aromatic carbocycles. The van der Waals surface area contributed by atoms with E-state index in [0.717, 1.165) is 31.5 Å². The van der Waals surface area contributed by atoms with Crippen LogP contribution >= 0.6 is 24.0 Å². The van der Waals surface area contributed by atoms with Gasteiger partial charge in [-0.25, -0.2) is 4.99 Å². The number of nitrogens with zero attached hydrogens (tertiary/aromatic N) is 3. The molecule has 1 amide bonds. The highest BCUT2D eigenvalue weighted by Crippen LogP contribution is 2.22. The van der Waals surface area contributed by atoms with Crippen LogP contribution in [0.2, 0.25) is 0 Å². The summed E-state index contributed by atoms with van der Waals surface area (Å²) in [6, 6.07) is 0.580. The van der Waals surface area contributed by atoms with Gasteiger partial charge in [0.1, 0.15) is 6.54 Å². The predicted molar refractivity (Wildman–Crippen MR) is 119 cm³/mol. The number of likely N-dealkylation sites (N-methyl/N-ethyl adjacent to an activating group) is 2. The van der Waals surface area contributed by atoms with Crippen molar-refractivity contribution >= 4 is 35.8 Å². The fourth-order valence-corrected chi connectivity index (χ4v) is 3.85. The van der Waals surface area contributed by atoms with Crippen LogP contribution in [0, 0.1) is 5.92 Å². The monoisotopic (exact) mass is 479 g/mol. The number of hydrogen-bond acceptors (Lipinski definition) is 3. The van der Waals surface area contributed by atoms with E-state index < -0.39 is 0 Å². The highest BCUT2D eigenvalue weighted by molar-refractivity contribution is 14.0. The van der Waals surface area contributed by atoms with Crippen LogP contribution in [0.1, 0.15) is 51.9 Å². The zero-order chi connectivity index (χ0) is 18.1. The number of aliphatic imine (C=N–C) groups is 1. The van der Waals surface area contributed by atoms with Gasteiger partial charge in [0.2, 0.25) is 5.91 Å². The SMILES string of the molecule is CCN1CCCC1CNC(=NCC(=O)N(C)C)NCC1CCCCC1.I. The number of carbonyl (C=O) groups excluding carboxylic acids is 1. The molecule has 1 saturated carbocycles. The van der Waals surface area contributed by atoms with E-state index in [2.05, 4.69) is 27.4 Å². The highest BCUT2D eigenvalue weighted by atomic mass is 127. The van der Waals surface area contributed by atoms with Gasteiger partial charge in [-0.3, -0.25) is 9.69 Å². The predicted octanol–water partition coefficient (Wildman–Crippen LogP) is 2.29. The molecule has 0 radical (unpaired) electrons. The van der Waals surface area contributed by atoms with Gasteiger partial charge in [-0.2, -0.15) is 0 Å². The Morgan fingerprint density at radius 1 is 1.08 bits per heavy atom. The van der Waals surface area contributed by atoms with Crippen molar-refractivity contribution in [3.05, 3.63) is 0 Å². The first-order chi connectivity index (χ1) is 12.1. The second-order valence-electron chi connectivity index (χ2n) is 7.64. The van der Waals surface area contributed by atoms with E-state index >= 15 is 0 Å². The number of halogens is 1. The van der Waals surface area contributed by atoms with E-state index in [4.69, 9.17) is 0 Å². The molecule has 1 atom stereocenters. The Hall–Kier alpha value is -0.570. The van der Waals surface area contributed by atoms with Crippen molar-refractivity contribution in [3.63, 3.8) is 0 Å². The molecule has 2 aliphatic rings. The summed E-state index contributed by atoms with van der Waals surface area (Å²) < 4.78 is 0. The van der Waals surface area contributed by atoms with Crippen molar-refractivity contribution in [2.24, 2.45) is 10.9 Å². The van der Waals surface area contributed by atoms with E-state index in [1.165, 1.54) is 51.5 Å². The standard InChI is InChI=1S/C19H37N5O.HI/c1-4-24-12-8-11-17(24)14-21-19(22-15-18(25)23(2)3)20-13-16-9-6-5-7-10-16;/h16-17H,4-15H2,1-3H3,(H2,20,21,22);1H. The Balaban J connectivity index is 0.00000338. The molecule has 1 heterocycles. The lowest BCUT2D eigenvalue weighted by Gasteiger charge is -2.26. The minimum absolute atomic E-state index is 0. The number of amides is 1. The Morgan fingerprint density at radius 3 is 2.42 bits per heavy atom. The third-order valence-electron chi connectivity index (χ3n) is 5.56. The van der Waals surface area contributed by atoms with Crippen LogP contribution in [-0.4, -0.2) is 74.5 Å². The third-order valence-corrected chi connectivity index (χ3v) is 5.56. The van der Waals surface area contributed by atoms with Crippen LogP contribution in [0.25, 0.3) is 0 Å². The van der Waals surface area contributed by atoms with Crippen LogP contribution in [-0.2, 0) is 4.79 Å². The Bertz CT molecular complexity index is 438. The van der Waals surface area contributed by atoms with E-state index in [-0.39, 0.29) is 36.4 Å². The van der Waals surface area contributed by atoms with Crippen LogP contribution in [0.15, 0.2) is 4.99 Å². The number of hydrogen-bond donors (Lipinski definition) is 2. The van der Waals surface area contributed by atoms with Crippen molar-refractivity contribution in [1.82, 2.24) is 20.4 Å². The summed E-state index contributed by atoms with van der Waals surface area (Å²) in [4.78, 5) is 20.5. The fourth-order valence-electron chi connectivity index (χ4n) is 3.85. The summed E-state index contributed by atoms with van der Waals surface area (Å²) in [7, 11) is 3.55. The van der Waals surface area contributed by atoms with Gasteiger partial charge in [0, 0.05) is 33.2 Å². The molecule has 1 saturated heterocycles. The average Bonchev–Trinajstić information content (AvgIpc) is 3.09. The molecule has 2 N–H and O–H groups in total. The zero-order valence-corrected chi connectivity index (χ0v) is 19.1. The van der Waals surface area contributed by atoms with Gasteiger partial charge in [-0.15, -0.1) is 24.0 Å². The Morgan fingerprint density at radius 2 is 1.77 bits per heavy atom. The first-order valence-corrected chi connectivity index (χ1v) is 10.1. The second-order valence-corrected chi connectivity index (χ2v) is 7.64. The largest absolute Gasteiger partial charge is 0.356 e. The van der Waals surface area contributed by atoms with Crippen LogP contribution in [0.5, 0.6) is 0 Å². The van der Waals surface area contributed by atoms with E-state index in [0.29, 0.717) is 6.04 Å².